The number of hydrogen-bond donors (Lipinski definition) is 2. The van der Waals surface area contributed by atoms with E-state index in [2.05, 4.69) is 4.98 Å². The van der Waals surface area contributed by atoms with Crippen molar-refractivity contribution in [2.24, 2.45) is 7.05 Å². The van der Waals surface area contributed by atoms with Crippen LogP contribution in [0, 0.1) is 13.8 Å². The van der Waals surface area contributed by atoms with Crippen molar-refractivity contribution in [3.8, 4) is 22.6 Å². The molecule has 170 valence electrons. The van der Waals surface area contributed by atoms with Crippen LogP contribution in [0.2, 0.25) is 0 Å². The molecule has 2 aromatic heterocycles. The first-order chi connectivity index (χ1) is 15.7. The third-order valence-corrected chi connectivity index (χ3v) is 6.00. The molecule has 0 saturated carbocycles. The van der Waals surface area contributed by atoms with Crippen molar-refractivity contribution < 1.29 is 23.4 Å². The van der Waals surface area contributed by atoms with Crippen LogP contribution in [0.15, 0.2) is 53.5 Å². The summed E-state index contributed by atoms with van der Waals surface area (Å²) in [5, 5.41) is 9.83. The molecule has 1 unspecified atom stereocenters. The maximum Gasteiger partial charge on any atom is 0.352 e. The van der Waals surface area contributed by atoms with E-state index >= 15 is 0 Å². The molecule has 0 aliphatic heterocycles. The van der Waals surface area contributed by atoms with Gasteiger partial charge in [-0.05, 0) is 48.7 Å². The van der Waals surface area contributed by atoms with Gasteiger partial charge in [0, 0.05) is 35.5 Å². The average Bonchev–Trinajstić information content (AvgIpc) is 3.20. The zero-order chi connectivity index (χ0) is 23.9. The summed E-state index contributed by atoms with van der Waals surface area (Å²) in [6.07, 6.45) is 1.59. The van der Waals surface area contributed by atoms with Gasteiger partial charge >= 0.3 is 5.97 Å². The fourth-order valence-electron chi connectivity index (χ4n) is 3.84. The number of nitrogens with one attached hydrogen (secondary N) is 1. The van der Waals surface area contributed by atoms with Gasteiger partial charge in [-0.3, -0.25) is 9.00 Å². The van der Waals surface area contributed by atoms with Crippen LogP contribution in [0.5, 0.6) is 11.5 Å². The predicted octanol–water partition coefficient (Wildman–Crippen LogP) is 4.02. The molecule has 0 aliphatic rings. The number of hydrogen-bond acceptors (Lipinski definition) is 5. The summed E-state index contributed by atoms with van der Waals surface area (Å²) in [5.41, 5.74) is 3.09. The lowest BCUT2D eigenvalue weighted by Crippen LogP contribution is -2.16. The number of aryl methyl sites for hydroxylation is 3. The van der Waals surface area contributed by atoms with E-state index < -0.39 is 17.0 Å². The highest BCUT2D eigenvalue weighted by atomic mass is 32.2. The molecular formula is C24H21N2O6S-. The fourth-order valence-corrected chi connectivity index (χ4v) is 4.29. The molecule has 2 aromatic carbocycles. The molecule has 4 aromatic rings. The third kappa shape index (κ3) is 4.33. The molecule has 9 heteroatoms. The molecular weight excluding hydrogens is 444 g/mol. The van der Waals surface area contributed by atoms with Crippen molar-refractivity contribution in [1.29, 1.82) is 0 Å². The van der Waals surface area contributed by atoms with E-state index in [-0.39, 0.29) is 22.5 Å². The van der Waals surface area contributed by atoms with Crippen molar-refractivity contribution in [2.45, 2.75) is 19.6 Å². The van der Waals surface area contributed by atoms with Crippen LogP contribution in [0.25, 0.3) is 22.0 Å². The maximum atomic E-state index is 12.7. The number of para-hydroxylation sites is 1. The minimum atomic E-state index is -2.30. The van der Waals surface area contributed by atoms with Gasteiger partial charge in [-0.2, -0.15) is 0 Å². The van der Waals surface area contributed by atoms with Gasteiger partial charge in [0.05, 0.1) is 0 Å². The molecule has 0 radical (unpaired) electrons. The second-order valence-corrected chi connectivity index (χ2v) is 8.73. The van der Waals surface area contributed by atoms with Crippen LogP contribution >= 0.6 is 0 Å². The summed E-state index contributed by atoms with van der Waals surface area (Å²) < 4.78 is 30.3. The van der Waals surface area contributed by atoms with Crippen molar-refractivity contribution in [3.05, 3.63) is 81.4 Å². The van der Waals surface area contributed by atoms with E-state index in [0.29, 0.717) is 33.6 Å². The zero-order valence-corrected chi connectivity index (χ0v) is 19.0. The Morgan fingerprint density at radius 3 is 2.48 bits per heavy atom. The van der Waals surface area contributed by atoms with E-state index in [1.807, 2.05) is 32.0 Å². The molecule has 2 heterocycles. The summed E-state index contributed by atoms with van der Waals surface area (Å²) >= 11 is -2.30. The van der Waals surface area contributed by atoms with Crippen LogP contribution < -0.4 is 10.3 Å². The Balaban J connectivity index is 2.00. The number of aromatic nitrogens is 2. The highest BCUT2D eigenvalue weighted by Gasteiger charge is 2.19. The fraction of sp³-hybridized carbons (Fsp3) is 0.167. The Morgan fingerprint density at radius 1 is 1.15 bits per heavy atom. The number of aromatic amines is 1. The maximum absolute atomic E-state index is 12.7. The summed E-state index contributed by atoms with van der Waals surface area (Å²) in [7, 11) is 1.56. The molecule has 4 rings (SSSR count). The Kier molecular flexibility index (Phi) is 5.92. The first kappa shape index (κ1) is 22.5. The van der Waals surface area contributed by atoms with Gasteiger partial charge < -0.3 is 23.9 Å². The molecule has 1 atom stereocenters. The smallest absolute Gasteiger partial charge is 0.352 e. The number of rotatable bonds is 6. The summed E-state index contributed by atoms with van der Waals surface area (Å²) in [4.78, 5) is 26.9. The van der Waals surface area contributed by atoms with E-state index in [1.54, 1.807) is 31.4 Å². The number of carboxylic acid groups (broad SMARTS) is 1. The van der Waals surface area contributed by atoms with Crippen LogP contribution in [0.3, 0.4) is 0 Å². The number of ether oxygens (including phenoxy) is 1. The highest BCUT2D eigenvalue weighted by molar-refractivity contribution is 7.78. The van der Waals surface area contributed by atoms with Gasteiger partial charge in [-0.1, -0.05) is 35.3 Å². The number of carboxylic acids is 1. The van der Waals surface area contributed by atoms with Gasteiger partial charge in [-0.15, -0.1) is 0 Å². The van der Waals surface area contributed by atoms with Crippen molar-refractivity contribution in [1.82, 2.24) is 9.55 Å². The van der Waals surface area contributed by atoms with Gasteiger partial charge in [-0.25, -0.2) is 4.79 Å². The topological polar surface area (TPSA) is 124 Å². The van der Waals surface area contributed by atoms with Crippen LogP contribution in [-0.4, -0.2) is 29.4 Å². The van der Waals surface area contributed by atoms with E-state index in [1.165, 1.54) is 10.6 Å². The standard InChI is InChI=1S/C24H22N2O6S/c1-13-5-4-6-14(2)22(13)32-20-8-7-15(12-33(30)31)9-16(20)18-11-26(3)23(27)21-17(18)10-19(25-21)24(28)29/h4-11,25H,12H2,1-3H3,(H,28,29)(H,30,31)/p-1. The van der Waals surface area contributed by atoms with Crippen molar-refractivity contribution in [3.63, 3.8) is 0 Å². The van der Waals surface area contributed by atoms with Crippen molar-refractivity contribution >= 4 is 28.0 Å². The molecule has 0 bridgehead atoms. The largest absolute Gasteiger partial charge is 0.772 e. The van der Waals surface area contributed by atoms with Crippen molar-refractivity contribution in [2.75, 3.05) is 0 Å². The first-order valence-corrected chi connectivity index (χ1v) is 11.3. The number of aromatic carboxylic acids is 1. The first-order valence-electron chi connectivity index (χ1n) is 10.0. The van der Waals surface area contributed by atoms with Gasteiger partial charge in [0.1, 0.15) is 22.7 Å². The Hall–Kier alpha value is -3.69. The second-order valence-electron chi connectivity index (χ2n) is 7.84. The lowest BCUT2D eigenvalue weighted by molar-refractivity contribution is 0.0691. The second kappa shape index (κ2) is 8.68. The van der Waals surface area contributed by atoms with Gasteiger partial charge in [0.25, 0.3) is 5.56 Å². The number of nitrogens with zero attached hydrogens (tertiary/aromatic N) is 1. The number of benzene rings is 2. The molecule has 0 amide bonds. The normalized spacial score (nSPS) is 12.1. The monoisotopic (exact) mass is 465 g/mol. The quantitative estimate of drug-likeness (QED) is 0.415. The average molecular weight is 466 g/mol. The van der Waals surface area contributed by atoms with Crippen LogP contribution in [-0.2, 0) is 23.9 Å². The molecule has 0 aliphatic carbocycles. The van der Waals surface area contributed by atoms with Gasteiger partial charge in [0.2, 0.25) is 0 Å². The summed E-state index contributed by atoms with van der Waals surface area (Å²) in [6, 6.07) is 12.2. The lowest BCUT2D eigenvalue weighted by atomic mass is 10.0. The predicted molar refractivity (Wildman–Crippen MR) is 125 cm³/mol. The third-order valence-electron chi connectivity index (χ3n) is 5.43. The molecule has 0 fully saturated rings. The highest BCUT2D eigenvalue weighted by Crippen LogP contribution is 2.39. The number of H-pyrrole nitrogens is 1. The zero-order valence-electron chi connectivity index (χ0n) is 18.2. The molecule has 2 N–H and O–H groups in total. The molecule has 0 spiro atoms. The number of pyridine rings is 1. The Morgan fingerprint density at radius 2 is 1.85 bits per heavy atom. The molecule has 0 saturated heterocycles. The Labute approximate surface area is 191 Å². The molecule has 8 nitrogen and oxygen atoms in total. The summed E-state index contributed by atoms with van der Waals surface area (Å²) in [6.45, 7) is 3.85. The van der Waals surface area contributed by atoms with Crippen LogP contribution in [0.1, 0.15) is 27.2 Å². The molecule has 33 heavy (non-hydrogen) atoms. The minimum Gasteiger partial charge on any atom is -0.772 e. The Bertz CT molecular complexity index is 1460. The van der Waals surface area contributed by atoms with E-state index in [9.17, 15) is 23.5 Å². The van der Waals surface area contributed by atoms with E-state index in [4.69, 9.17) is 4.74 Å². The minimum absolute atomic E-state index is 0.122. The SMILES string of the molecule is Cc1cccc(C)c1Oc1ccc(CS(=O)[O-])cc1-c1cn(C)c(=O)c2[nH]c(C(=O)O)cc12. The van der Waals surface area contributed by atoms with Gasteiger partial charge in [0.15, 0.2) is 0 Å². The summed E-state index contributed by atoms with van der Waals surface area (Å²) in [5.74, 6) is -0.271. The lowest BCUT2D eigenvalue weighted by Gasteiger charge is -2.17. The van der Waals surface area contributed by atoms with Crippen LogP contribution in [0.4, 0.5) is 0 Å². The van der Waals surface area contributed by atoms with E-state index in [0.717, 1.165) is 11.1 Å². The number of fused-ring (bicyclic) bond motifs is 1. The number of carbonyl (C=O) groups is 1.